The van der Waals surface area contributed by atoms with Crippen LogP contribution >= 0.6 is 0 Å². The molecule has 1 aliphatic heterocycles. The minimum absolute atomic E-state index is 0.0727. The van der Waals surface area contributed by atoms with E-state index in [1.165, 1.54) is 17.0 Å². The van der Waals surface area contributed by atoms with Crippen LogP contribution in [0.15, 0.2) is 18.3 Å². The molecule has 1 fully saturated rings. The van der Waals surface area contributed by atoms with E-state index in [-0.39, 0.29) is 5.41 Å². The average Bonchev–Trinajstić information content (AvgIpc) is 2.78. The predicted molar refractivity (Wildman–Crippen MR) is 86.8 cm³/mol. The van der Waals surface area contributed by atoms with Crippen LogP contribution in [-0.2, 0) is 12.0 Å². The van der Waals surface area contributed by atoms with E-state index in [0.717, 1.165) is 38.4 Å². The molecule has 0 spiro atoms. The molecule has 0 atom stereocenters. The lowest BCUT2D eigenvalue weighted by molar-refractivity contribution is 0.228. The van der Waals surface area contributed by atoms with Crippen molar-refractivity contribution >= 4 is 5.65 Å². The van der Waals surface area contributed by atoms with E-state index in [1.807, 2.05) is 0 Å². The van der Waals surface area contributed by atoms with E-state index < -0.39 is 0 Å². The summed E-state index contributed by atoms with van der Waals surface area (Å²) < 4.78 is 2.29. The molecule has 1 N–H and O–H groups in total. The zero-order chi connectivity index (χ0) is 15.0. The smallest absolute Gasteiger partial charge is 0.137 e. The Labute approximate surface area is 127 Å². The number of nitrogens with one attached hydrogen (secondary N) is 1. The number of fused-ring (bicyclic) bond motifs is 1. The molecule has 0 saturated carbocycles. The quantitative estimate of drug-likeness (QED) is 0.920. The van der Waals surface area contributed by atoms with Crippen LogP contribution in [0, 0.1) is 6.92 Å². The number of hydrogen-bond acceptors (Lipinski definition) is 3. The van der Waals surface area contributed by atoms with Crippen LogP contribution in [-0.4, -0.2) is 40.5 Å². The SMILES string of the molecule is Cc1ccc2nc(C(C)(C)C)c(CN3CCNCC3)n2c1. The number of imidazole rings is 1. The molecule has 1 saturated heterocycles. The maximum absolute atomic E-state index is 4.91. The zero-order valence-electron chi connectivity index (χ0n) is 13.6. The maximum Gasteiger partial charge on any atom is 0.137 e. The van der Waals surface area contributed by atoms with Crippen molar-refractivity contribution in [1.82, 2.24) is 19.6 Å². The predicted octanol–water partition coefficient (Wildman–Crippen LogP) is 2.35. The summed E-state index contributed by atoms with van der Waals surface area (Å²) >= 11 is 0. The van der Waals surface area contributed by atoms with Gasteiger partial charge in [-0.15, -0.1) is 0 Å². The van der Waals surface area contributed by atoms with Crippen molar-refractivity contribution < 1.29 is 0 Å². The van der Waals surface area contributed by atoms with Gasteiger partial charge in [0.25, 0.3) is 0 Å². The summed E-state index contributed by atoms with van der Waals surface area (Å²) in [5.41, 5.74) is 5.00. The van der Waals surface area contributed by atoms with Crippen LogP contribution < -0.4 is 5.32 Å². The Balaban J connectivity index is 2.05. The Kier molecular flexibility index (Phi) is 3.76. The second kappa shape index (κ2) is 5.43. The van der Waals surface area contributed by atoms with Crippen molar-refractivity contribution in [3.8, 4) is 0 Å². The monoisotopic (exact) mass is 286 g/mol. The van der Waals surface area contributed by atoms with Crippen LogP contribution in [0.4, 0.5) is 0 Å². The summed E-state index contributed by atoms with van der Waals surface area (Å²) in [6.07, 6.45) is 2.22. The second-order valence-electron chi connectivity index (χ2n) is 7.12. The highest BCUT2D eigenvalue weighted by Gasteiger charge is 2.25. The Morgan fingerprint density at radius 1 is 1.19 bits per heavy atom. The molecule has 114 valence electrons. The van der Waals surface area contributed by atoms with Gasteiger partial charge < -0.3 is 9.72 Å². The van der Waals surface area contributed by atoms with Gasteiger partial charge in [0.1, 0.15) is 5.65 Å². The van der Waals surface area contributed by atoms with Crippen LogP contribution in [0.3, 0.4) is 0 Å². The van der Waals surface area contributed by atoms with Gasteiger partial charge in [0.15, 0.2) is 0 Å². The van der Waals surface area contributed by atoms with E-state index in [1.54, 1.807) is 0 Å². The Bertz CT molecular complexity index is 630. The van der Waals surface area contributed by atoms with Crippen molar-refractivity contribution in [2.75, 3.05) is 26.2 Å². The summed E-state index contributed by atoms with van der Waals surface area (Å²) in [7, 11) is 0. The lowest BCUT2D eigenvalue weighted by atomic mass is 9.90. The van der Waals surface area contributed by atoms with Crippen molar-refractivity contribution in [3.63, 3.8) is 0 Å². The molecule has 3 heterocycles. The van der Waals surface area contributed by atoms with Crippen LogP contribution in [0.5, 0.6) is 0 Å². The molecule has 0 radical (unpaired) electrons. The van der Waals surface area contributed by atoms with E-state index >= 15 is 0 Å². The fraction of sp³-hybridized carbons (Fsp3) is 0.588. The third kappa shape index (κ3) is 2.97. The summed E-state index contributed by atoms with van der Waals surface area (Å²) in [5.74, 6) is 0. The molecule has 0 amide bonds. The number of hydrogen-bond donors (Lipinski definition) is 1. The first kappa shape index (κ1) is 14.5. The molecule has 4 nitrogen and oxygen atoms in total. The van der Waals surface area contributed by atoms with Gasteiger partial charge in [0.05, 0.1) is 11.4 Å². The van der Waals surface area contributed by atoms with E-state index in [0.29, 0.717) is 0 Å². The van der Waals surface area contributed by atoms with Gasteiger partial charge >= 0.3 is 0 Å². The molecule has 0 unspecified atom stereocenters. The highest BCUT2D eigenvalue weighted by molar-refractivity contribution is 5.46. The number of piperazine rings is 1. The van der Waals surface area contributed by atoms with Gasteiger partial charge in [-0.2, -0.15) is 0 Å². The largest absolute Gasteiger partial charge is 0.314 e. The summed E-state index contributed by atoms with van der Waals surface area (Å²) in [4.78, 5) is 7.44. The van der Waals surface area contributed by atoms with Gasteiger partial charge in [0.2, 0.25) is 0 Å². The molecule has 0 bridgehead atoms. The standard InChI is InChI=1S/C17H26N4/c1-13-5-6-15-19-16(17(2,3)4)14(21(15)11-13)12-20-9-7-18-8-10-20/h5-6,11,18H,7-10,12H2,1-4H3. The molecule has 0 aliphatic carbocycles. The first-order chi connectivity index (χ1) is 9.95. The number of rotatable bonds is 2. The average molecular weight is 286 g/mol. The third-order valence-corrected chi connectivity index (χ3v) is 4.16. The van der Waals surface area contributed by atoms with Crippen molar-refractivity contribution in [1.29, 1.82) is 0 Å². The Hall–Kier alpha value is -1.39. The normalized spacial score (nSPS) is 17.5. The topological polar surface area (TPSA) is 32.6 Å². The van der Waals surface area contributed by atoms with Crippen molar-refractivity contribution in [3.05, 3.63) is 35.3 Å². The van der Waals surface area contributed by atoms with Gasteiger partial charge in [-0.1, -0.05) is 26.8 Å². The van der Waals surface area contributed by atoms with Crippen molar-refractivity contribution in [2.24, 2.45) is 0 Å². The molecule has 0 aromatic carbocycles. The van der Waals surface area contributed by atoms with Crippen LogP contribution in [0.2, 0.25) is 0 Å². The lowest BCUT2D eigenvalue weighted by Gasteiger charge is -2.28. The van der Waals surface area contributed by atoms with Gasteiger partial charge in [-0.05, 0) is 18.6 Å². The third-order valence-electron chi connectivity index (χ3n) is 4.16. The lowest BCUT2D eigenvalue weighted by Crippen LogP contribution is -2.43. The maximum atomic E-state index is 4.91. The van der Waals surface area contributed by atoms with E-state index in [2.05, 4.69) is 60.6 Å². The van der Waals surface area contributed by atoms with Gasteiger partial charge in [0, 0.05) is 44.3 Å². The zero-order valence-corrected chi connectivity index (χ0v) is 13.6. The molecular formula is C17H26N4. The minimum atomic E-state index is 0.0727. The van der Waals surface area contributed by atoms with Crippen LogP contribution in [0.1, 0.15) is 37.7 Å². The molecule has 21 heavy (non-hydrogen) atoms. The highest BCUT2D eigenvalue weighted by atomic mass is 15.2. The summed E-state index contributed by atoms with van der Waals surface area (Å²) in [5, 5.41) is 3.42. The first-order valence-corrected chi connectivity index (χ1v) is 7.86. The molecule has 2 aromatic rings. The van der Waals surface area contributed by atoms with E-state index in [9.17, 15) is 0 Å². The summed E-state index contributed by atoms with van der Waals surface area (Å²) in [6.45, 7) is 14.3. The number of pyridine rings is 1. The molecule has 1 aliphatic rings. The molecular weight excluding hydrogens is 260 g/mol. The fourth-order valence-electron chi connectivity index (χ4n) is 3.03. The first-order valence-electron chi connectivity index (χ1n) is 7.86. The number of aromatic nitrogens is 2. The Morgan fingerprint density at radius 3 is 2.57 bits per heavy atom. The second-order valence-corrected chi connectivity index (χ2v) is 7.12. The molecule has 3 rings (SSSR count). The fourth-order valence-corrected chi connectivity index (χ4v) is 3.03. The number of nitrogens with zero attached hydrogens (tertiary/aromatic N) is 3. The molecule has 4 heteroatoms. The van der Waals surface area contributed by atoms with Crippen molar-refractivity contribution in [2.45, 2.75) is 39.7 Å². The summed E-state index contributed by atoms with van der Waals surface area (Å²) in [6, 6.07) is 4.27. The number of aryl methyl sites for hydroxylation is 1. The van der Waals surface area contributed by atoms with Gasteiger partial charge in [-0.25, -0.2) is 4.98 Å². The van der Waals surface area contributed by atoms with E-state index in [4.69, 9.17) is 4.98 Å². The molecule has 2 aromatic heterocycles. The Morgan fingerprint density at radius 2 is 1.90 bits per heavy atom. The minimum Gasteiger partial charge on any atom is -0.314 e. The highest BCUT2D eigenvalue weighted by Crippen LogP contribution is 2.27. The van der Waals surface area contributed by atoms with Crippen LogP contribution in [0.25, 0.3) is 5.65 Å². The van der Waals surface area contributed by atoms with Gasteiger partial charge in [-0.3, -0.25) is 4.90 Å².